The quantitative estimate of drug-likeness (QED) is 0.915. The lowest BCUT2D eigenvalue weighted by molar-refractivity contribution is 0.0701. The van der Waals surface area contributed by atoms with E-state index in [1.54, 1.807) is 0 Å². The molecular weight excluding hydrogens is 256 g/mol. The van der Waals surface area contributed by atoms with Crippen molar-refractivity contribution in [2.75, 3.05) is 23.7 Å². The normalized spacial score (nSPS) is 20.6. The van der Waals surface area contributed by atoms with E-state index >= 15 is 0 Å². The Balaban J connectivity index is 2.23. The summed E-state index contributed by atoms with van der Waals surface area (Å²) in [7, 11) is 0. The summed E-state index contributed by atoms with van der Waals surface area (Å²) >= 11 is 3.27. The first-order valence-electron chi connectivity index (χ1n) is 5.71. The van der Waals surface area contributed by atoms with Gasteiger partial charge < -0.3 is 10.0 Å². The van der Waals surface area contributed by atoms with Gasteiger partial charge in [0.25, 0.3) is 0 Å². The molecule has 0 bridgehead atoms. The van der Waals surface area contributed by atoms with Gasteiger partial charge in [0.1, 0.15) is 4.88 Å². The van der Waals surface area contributed by atoms with Crippen molar-refractivity contribution in [2.45, 2.75) is 25.5 Å². The minimum Gasteiger partial charge on any atom is -0.477 e. The largest absolute Gasteiger partial charge is 0.477 e. The van der Waals surface area contributed by atoms with Crippen molar-refractivity contribution in [2.24, 2.45) is 0 Å². The number of hydrogen-bond donors (Lipinski definition) is 1. The van der Waals surface area contributed by atoms with E-state index in [1.165, 1.54) is 11.3 Å². The first kappa shape index (κ1) is 12.7. The van der Waals surface area contributed by atoms with Gasteiger partial charge >= 0.3 is 5.97 Å². The maximum Gasteiger partial charge on any atom is 0.347 e. The number of anilines is 1. The van der Waals surface area contributed by atoms with Crippen LogP contribution in [0, 0.1) is 0 Å². The smallest absolute Gasteiger partial charge is 0.347 e. The van der Waals surface area contributed by atoms with E-state index in [2.05, 4.69) is 16.8 Å². The van der Waals surface area contributed by atoms with Gasteiger partial charge in [-0.1, -0.05) is 25.2 Å². The highest BCUT2D eigenvalue weighted by molar-refractivity contribution is 8.00. The van der Waals surface area contributed by atoms with Crippen LogP contribution in [-0.2, 0) is 6.42 Å². The Morgan fingerprint density at radius 1 is 1.65 bits per heavy atom. The van der Waals surface area contributed by atoms with Crippen LogP contribution in [0.4, 0.5) is 5.13 Å². The van der Waals surface area contributed by atoms with Crippen LogP contribution in [0.1, 0.15) is 29.2 Å². The highest BCUT2D eigenvalue weighted by Crippen LogP contribution is 2.30. The van der Waals surface area contributed by atoms with Crippen LogP contribution < -0.4 is 4.90 Å². The Hall–Kier alpha value is -0.750. The number of hydrogen-bond acceptors (Lipinski definition) is 5. The number of rotatable bonds is 3. The second kappa shape index (κ2) is 5.27. The van der Waals surface area contributed by atoms with Crippen LogP contribution in [0.15, 0.2) is 0 Å². The molecule has 1 aliphatic heterocycles. The molecule has 0 spiro atoms. The topological polar surface area (TPSA) is 53.4 Å². The fraction of sp³-hybridized carbons (Fsp3) is 0.636. The molecule has 0 aromatic carbocycles. The van der Waals surface area contributed by atoms with Gasteiger partial charge in [-0.05, 0) is 6.42 Å². The third kappa shape index (κ3) is 2.74. The predicted molar refractivity (Wildman–Crippen MR) is 72.6 cm³/mol. The summed E-state index contributed by atoms with van der Waals surface area (Å²) in [5.41, 5.74) is 0.711. The number of carboxylic acid groups (broad SMARTS) is 1. The Kier molecular flexibility index (Phi) is 3.93. The SMILES string of the molecule is CCc1nc(N2CCSC(C)C2)sc1C(=O)O. The number of aryl methyl sites for hydroxylation is 1. The molecule has 0 radical (unpaired) electrons. The van der Waals surface area contributed by atoms with Crippen molar-refractivity contribution >= 4 is 34.2 Å². The summed E-state index contributed by atoms with van der Waals surface area (Å²) in [6, 6.07) is 0. The molecule has 4 nitrogen and oxygen atoms in total. The molecule has 1 unspecified atom stereocenters. The van der Waals surface area contributed by atoms with Gasteiger partial charge in [-0.15, -0.1) is 0 Å². The number of thiazole rings is 1. The van der Waals surface area contributed by atoms with Crippen molar-refractivity contribution in [3.05, 3.63) is 10.6 Å². The predicted octanol–water partition coefficient (Wildman–Crippen LogP) is 2.35. The zero-order chi connectivity index (χ0) is 12.4. The average Bonchev–Trinajstić information content (AvgIpc) is 2.73. The third-order valence-electron chi connectivity index (χ3n) is 2.73. The molecule has 2 rings (SSSR count). The summed E-state index contributed by atoms with van der Waals surface area (Å²) in [6.07, 6.45) is 0.677. The van der Waals surface area contributed by atoms with Gasteiger partial charge in [0.15, 0.2) is 5.13 Å². The number of aromatic nitrogens is 1. The highest BCUT2D eigenvalue weighted by Gasteiger charge is 2.23. The number of nitrogens with zero attached hydrogens (tertiary/aromatic N) is 2. The molecule has 1 aliphatic rings. The monoisotopic (exact) mass is 272 g/mol. The van der Waals surface area contributed by atoms with Crippen LogP contribution in [0.25, 0.3) is 0 Å². The Bertz CT molecular complexity index is 420. The lowest BCUT2D eigenvalue weighted by Gasteiger charge is -2.30. The number of carbonyl (C=O) groups is 1. The zero-order valence-electron chi connectivity index (χ0n) is 9.97. The van der Waals surface area contributed by atoms with Crippen molar-refractivity contribution in [3.63, 3.8) is 0 Å². The van der Waals surface area contributed by atoms with Crippen LogP contribution >= 0.6 is 23.1 Å². The molecule has 1 aromatic rings. The molecular formula is C11H16N2O2S2. The van der Waals surface area contributed by atoms with Crippen molar-refractivity contribution in [3.8, 4) is 0 Å². The third-order valence-corrected chi connectivity index (χ3v) is 5.01. The molecule has 0 saturated carbocycles. The summed E-state index contributed by atoms with van der Waals surface area (Å²) in [6.45, 7) is 6.06. The van der Waals surface area contributed by atoms with E-state index in [0.717, 1.165) is 24.0 Å². The summed E-state index contributed by atoms with van der Waals surface area (Å²) in [4.78, 5) is 18.2. The fourth-order valence-electron chi connectivity index (χ4n) is 1.87. The van der Waals surface area contributed by atoms with Crippen molar-refractivity contribution < 1.29 is 9.90 Å². The number of carboxylic acids is 1. The maximum absolute atomic E-state index is 11.1. The van der Waals surface area contributed by atoms with Crippen LogP contribution in [0.3, 0.4) is 0 Å². The Morgan fingerprint density at radius 2 is 2.41 bits per heavy atom. The van der Waals surface area contributed by atoms with Gasteiger partial charge in [-0.2, -0.15) is 11.8 Å². The van der Waals surface area contributed by atoms with E-state index in [9.17, 15) is 4.79 Å². The molecule has 1 N–H and O–H groups in total. The minimum absolute atomic E-state index is 0.397. The lowest BCUT2D eigenvalue weighted by atomic mass is 10.3. The summed E-state index contributed by atoms with van der Waals surface area (Å²) in [5, 5.41) is 10.6. The molecule has 0 aliphatic carbocycles. The molecule has 6 heteroatoms. The van der Waals surface area contributed by atoms with E-state index in [0.29, 0.717) is 22.2 Å². The molecule has 1 aromatic heterocycles. The molecule has 2 heterocycles. The second-order valence-corrected chi connectivity index (χ2v) is 6.58. The van der Waals surface area contributed by atoms with Gasteiger partial charge in [0, 0.05) is 24.1 Å². The summed E-state index contributed by atoms with van der Waals surface area (Å²) in [5.74, 6) is 0.231. The molecule has 0 amide bonds. The summed E-state index contributed by atoms with van der Waals surface area (Å²) < 4.78 is 0. The highest BCUT2D eigenvalue weighted by atomic mass is 32.2. The second-order valence-electron chi connectivity index (χ2n) is 4.06. The molecule has 17 heavy (non-hydrogen) atoms. The van der Waals surface area contributed by atoms with Gasteiger partial charge in [0.05, 0.1) is 5.69 Å². The van der Waals surface area contributed by atoms with E-state index < -0.39 is 5.97 Å². The first-order chi connectivity index (χ1) is 8.11. The first-order valence-corrected chi connectivity index (χ1v) is 7.58. The van der Waals surface area contributed by atoms with Gasteiger partial charge in [-0.25, -0.2) is 9.78 Å². The number of aromatic carboxylic acids is 1. The minimum atomic E-state index is -0.856. The fourth-order valence-corrected chi connectivity index (χ4v) is 3.92. The standard InChI is InChI=1S/C11H16N2O2S2/c1-3-8-9(10(14)15)17-11(12-8)13-4-5-16-7(2)6-13/h7H,3-6H2,1-2H3,(H,14,15). The van der Waals surface area contributed by atoms with Crippen molar-refractivity contribution in [1.82, 2.24) is 4.98 Å². The number of thioether (sulfide) groups is 1. The van der Waals surface area contributed by atoms with E-state index in [1.807, 2.05) is 18.7 Å². The van der Waals surface area contributed by atoms with E-state index in [-0.39, 0.29) is 0 Å². The lowest BCUT2D eigenvalue weighted by Crippen LogP contribution is -2.36. The maximum atomic E-state index is 11.1. The molecule has 94 valence electrons. The molecule has 1 fully saturated rings. The van der Waals surface area contributed by atoms with Crippen LogP contribution in [0.2, 0.25) is 0 Å². The van der Waals surface area contributed by atoms with Gasteiger partial charge in [-0.3, -0.25) is 0 Å². The van der Waals surface area contributed by atoms with E-state index in [4.69, 9.17) is 5.11 Å². The Morgan fingerprint density at radius 3 is 2.94 bits per heavy atom. The Labute approximate surface area is 109 Å². The molecule has 1 saturated heterocycles. The van der Waals surface area contributed by atoms with Crippen molar-refractivity contribution in [1.29, 1.82) is 0 Å². The zero-order valence-corrected chi connectivity index (χ0v) is 11.6. The van der Waals surface area contributed by atoms with Crippen LogP contribution in [-0.4, -0.2) is 40.2 Å². The van der Waals surface area contributed by atoms with Gasteiger partial charge in [0.2, 0.25) is 0 Å². The average molecular weight is 272 g/mol. The molecule has 1 atom stereocenters. The van der Waals surface area contributed by atoms with Crippen LogP contribution in [0.5, 0.6) is 0 Å².